The Hall–Kier alpha value is -2.26. The number of hydrogen-bond acceptors (Lipinski definition) is 5. The first kappa shape index (κ1) is 17.1. The molecule has 2 atom stereocenters. The quantitative estimate of drug-likeness (QED) is 0.824. The Bertz CT molecular complexity index is 704. The molecule has 0 unspecified atom stereocenters. The van der Waals surface area contributed by atoms with E-state index in [4.69, 9.17) is 18.0 Å². The highest BCUT2D eigenvalue weighted by atomic mass is 32.1. The van der Waals surface area contributed by atoms with Gasteiger partial charge in [0.25, 0.3) is 0 Å². The van der Waals surface area contributed by atoms with Crippen LogP contribution >= 0.6 is 12.2 Å². The summed E-state index contributed by atoms with van der Waals surface area (Å²) in [5.41, 5.74) is 6.27. The van der Waals surface area contributed by atoms with Gasteiger partial charge >= 0.3 is 0 Å². The lowest BCUT2D eigenvalue weighted by Gasteiger charge is -2.33. The van der Waals surface area contributed by atoms with Crippen molar-refractivity contribution in [3.05, 3.63) is 41.4 Å². The summed E-state index contributed by atoms with van der Waals surface area (Å²) in [7, 11) is 0. The number of allylic oxidation sites excluding steroid dienone is 2. The Morgan fingerprint density at radius 2 is 2.22 bits per heavy atom. The minimum atomic E-state index is -0.878. The molecule has 0 spiro atoms. The van der Waals surface area contributed by atoms with Crippen molar-refractivity contribution in [2.24, 2.45) is 17.1 Å². The number of nitriles is 1. The number of aliphatic hydroxyl groups is 1. The molecule has 0 fully saturated rings. The number of carbonyl (C=O) groups excluding carboxylic acids is 1. The minimum Gasteiger partial charge on any atom is -0.512 e. The zero-order valence-electron chi connectivity index (χ0n) is 13.1. The molecule has 0 saturated heterocycles. The molecule has 3 N–H and O–H groups in total. The fourth-order valence-corrected chi connectivity index (χ4v) is 3.23. The van der Waals surface area contributed by atoms with Crippen molar-refractivity contribution in [1.29, 1.82) is 5.26 Å². The van der Waals surface area contributed by atoms with Crippen LogP contribution in [0.5, 0.6) is 0 Å². The van der Waals surface area contributed by atoms with Crippen LogP contribution in [0.1, 0.15) is 38.2 Å². The lowest BCUT2D eigenvalue weighted by Crippen LogP contribution is -2.34. The normalized spacial score (nSPS) is 19.8. The molecule has 1 aliphatic rings. The number of nitrogens with two attached hydrogens (primary N) is 1. The average molecular weight is 329 g/mol. The molecular formula is C17H19N3O2S. The van der Waals surface area contributed by atoms with Crippen molar-refractivity contribution in [3.63, 3.8) is 0 Å². The summed E-state index contributed by atoms with van der Waals surface area (Å²) in [6, 6.07) is 5.54. The van der Waals surface area contributed by atoms with E-state index in [1.807, 2.05) is 13.8 Å². The second-order valence-electron chi connectivity index (χ2n) is 6.57. The standard InChI is InChI=1S/C17H19N3O2S/c1-17(2)6-12(21)15(13(22)7-17)14(11(8-18)16(19)23)10-4-3-5-20-9-10/h3-5,9,11,14,21H,6-7H2,1-2H3,(H2,19,23)/t11-,14-/m0/s1. The van der Waals surface area contributed by atoms with E-state index in [1.54, 1.807) is 24.5 Å². The van der Waals surface area contributed by atoms with E-state index < -0.39 is 11.8 Å². The largest absolute Gasteiger partial charge is 0.512 e. The zero-order valence-corrected chi connectivity index (χ0v) is 13.9. The summed E-state index contributed by atoms with van der Waals surface area (Å²) < 4.78 is 0. The number of rotatable bonds is 4. The van der Waals surface area contributed by atoms with E-state index in [1.165, 1.54) is 0 Å². The molecule has 23 heavy (non-hydrogen) atoms. The molecule has 1 aliphatic carbocycles. The number of nitrogens with zero attached hydrogens (tertiary/aromatic N) is 2. The predicted molar refractivity (Wildman–Crippen MR) is 90.5 cm³/mol. The zero-order chi connectivity index (χ0) is 17.2. The van der Waals surface area contributed by atoms with Crippen LogP contribution in [0.4, 0.5) is 0 Å². The first-order valence-electron chi connectivity index (χ1n) is 7.31. The van der Waals surface area contributed by atoms with Gasteiger partial charge in [0.1, 0.15) is 11.7 Å². The van der Waals surface area contributed by atoms with Crippen molar-refractivity contribution in [1.82, 2.24) is 4.98 Å². The third kappa shape index (κ3) is 3.57. The summed E-state index contributed by atoms with van der Waals surface area (Å²) in [5.74, 6) is -1.74. The smallest absolute Gasteiger partial charge is 0.163 e. The molecule has 0 saturated carbocycles. The lowest BCUT2D eigenvalue weighted by molar-refractivity contribution is -0.118. The van der Waals surface area contributed by atoms with Crippen LogP contribution in [-0.4, -0.2) is 20.9 Å². The van der Waals surface area contributed by atoms with Crippen LogP contribution in [0.3, 0.4) is 0 Å². The Morgan fingerprint density at radius 1 is 1.52 bits per heavy atom. The summed E-state index contributed by atoms with van der Waals surface area (Å²) in [6.07, 6.45) is 3.85. The highest BCUT2D eigenvalue weighted by molar-refractivity contribution is 7.80. The highest BCUT2D eigenvalue weighted by Crippen LogP contribution is 2.43. The molecule has 0 aromatic carbocycles. The van der Waals surface area contributed by atoms with Crippen LogP contribution in [0.15, 0.2) is 35.9 Å². The van der Waals surface area contributed by atoms with Gasteiger partial charge in [-0.2, -0.15) is 5.26 Å². The Kier molecular flexibility index (Phi) is 4.81. The second kappa shape index (κ2) is 6.47. The van der Waals surface area contributed by atoms with Gasteiger partial charge in [-0.05, 0) is 17.0 Å². The monoisotopic (exact) mass is 329 g/mol. The van der Waals surface area contributed by atoms with Gasteiger partial charge in [-0.15, -0.1) is 0 Å². The van der Waals surface area contributed by atoms with E-state index in [2.05, 4.69) is 11.1 Å². The number of aromatic nitrogens is 1. The molecular weight excluding hydrogens is 310 g/mol. The van der Waals surface area contributed by atoms with Gasteiger partial charge < -0.3 is 10.8 Å². The van der Waals surface area contributed by atoms with Crippen molar-refractivity contribution in [2.45, 2.75) is 32.6 Å². The van der Waals surface area contributed by atoms with Gasteiger partial charge in [-0.3, -0.25) is 9.78 Å². The third-order valence-electron chi connectivity index (χ3n) is 4.03. The van der Waals surface area contributed by atoms with E-state index >= 15 is 0 Å². The lowest BCUT2D eigenvalue weighted by atomic mass is 9.70. The van der Waals surface area contributed by atoms with Gasteiger partial charge in [-0.1, -0.05) is 32.1 Å². The van der Waals surface area contributed by atoms with Crippen LogP contribution < -0.4 is 5.73 Å². The van der Waals surface area contributed by atoms with Gasteiger partial charge in [-0.25, -0.2) is 0 Å². The highest BCUT2D eigenvalue weighted by Gasteiger charge is 2.40. The first-order chi connectivity index (χ1) is 10.8. The van der Waals surface area contributed by atoms with Crippen molar-refractivity contribution in [2.75, 3.05) is 0 Å². The van der Waals surface area contributed by atoms with Crippen LogP contribution in [-0.2, 0) is 4.79 Å². The van der Waals surface area contributed by atoms with Crippen molar-refractivity contribution >= 4 is 23.0 Å². The Balaban J connectivity index is 2.61. The maximum Gasteiger partial charge on any atom is 0.163 e. The number of Topliss-reactive ketones (excluding diaryl/α,β-unsaturated/α-hetero) is 1. The van der Waals surface area contributed by atoms with E-state index in [0.29, 0.717) is 18.4 Å². The summed E-state index contributed by atoms with van der Waals surface area (Å²) >= 11 is 5.00. The number of thiocarbonyl (C=S) groups is 1. The van der Waals surface area contributed by atoms with Gasteiger partial charge in [0, 0.05) is 36.7 Å². The van der Waals surface area contributed by atoms with Gasteiger partial charge in [0.05, 0.1) is 11.1 Å². The van der Waals surface area contributed by atoms with E-state index in [0.717, 1.165) is 0 Å². The molecule has 120 valence electrons. The molecule has 2 rings (SSSR count). The maximum atomic E-state index is 12.6. The fourth-order valence-electron chi connectivity index (χ4n) is 3.04. The van der Waals surface area contributed by atoms with Gasteiger partial charge in [0.2, 0.25) is 0 Å². The number of ketones is 1. The topological polar surface area (TPSA) is 100 Å². The molecule has 5 nitrogen and oxygen atoms in total. The van der Waals surface area contributed by atoms with Gasteiger partial charge in [0.15, 0.2) is 5.78 Å². The minimum absolute atomic E-state index is 0.000660. The van der Waals surface area contributed by atoms with Crippen molar-refractivity contribution < 1.29 is 9.90 Å². The molecule has 6 heteroatoms. The van der Waals surface area contributed by atoms with E-state index in [-0.39, 0.29) is 27.5 Å². The second-order valence-corrected chi connectivity index (χ2v) is 7.05. The Morgan fingerprint density at radius 3 is 2.70 bits per heavy atom. The predicted octanol–water partition coefficient (Wildman–Crippen LogP) is 2.79. The molecule has 1 aromatic heterocycles. The number of aliphatic hydroxyl groups excluding tert-OH is 1. The summed E-state index contributed by atoms with van der Waals surface area (Å²) in [5, 5.41) is 20.0. The third-order valence-corrected chi connectivity index (χ3v) is 4.28. The van der Waals surface area contributed by atoms with Crippen LogP contribution in [0, 0.1) is 22.7 Å². The molecule has 1 heterocycles. The molecule has 0 bridgehead atoms. The van der Waals surface area contributed by atoms with Crippen molar-refractivity contribution in [3.8, 4) is 6.07 Å². The Labute approximate surface area is 140 Å². The van der Waals surface area contributed by atoms with Crippen LogP contribution in [0.25, 0.3) is 0 Å². The van der Waals surface area contributed by atoms with Crippen LogP contribution in [0.2, 0.25) is 0 Å². The molecule has 0 radical (unpaired) electrons. The fraction of sp³-hybridized carbons (Fsp3) is 0.412. The number of carbonyl (C=O) groups is 1. The number of hydrogen-bond donors (Lipinski definition) is 2. The maximum absolute atomic E-state index is 12.6. The summed E-state index contributed by atoms with van der Waals surface area (Å²) in [6.45, 7) is 3.85. The first-order valence-corrected chi connectivity index (χ1v) is 7.72. The average Bonchev–Trinajstić information content (AvgIpc) is 2.45. The molecule has 0 amide bonds. The molecule has 1 aromatic rings. The van der Waals surface area contributed by atoms with E-state index in [9.17, 15) is 15.2 Å². The molecule has 0 aliphatic heterocycles. The SMILES string of the molecule is CC1(C)CC(=O)C([C@@H](c2cccnc2)[C@H](C#N)C(N)=S)=C(O)C1. The summed E-state index contributed by atoms with van der Waals surface area (Å²) in [4.78, 5) is 16.7. The number of pyridine rings is 1.